The summed E-state index contributed by atoms with van der Waals surface area (Å²) < 4.78 is 21.6. The lowest BCUT2D eigenvalue weighted by Gasteiger charge is -2.27. The standard InChI is InChI=1S/C21H26N2O6/c1-21(2,3)29-20(25)23-12-15(11-17(23)19(24)27-5)28-18-16-7-6-14(26-4)10-13(16)8-9-22-18/h6-10,15,17H,11-12H2,1-5H3/t15?,17-/m0/s1. The van der Waals surface area contributed by atoms with Gasteiger partial charge in [0.25, 0.3) is 0 Å². The SMILES string of the molecule is COC(=O)[C@@H]1CC(Oc2nccc3cc(OC)ccc23)CN1C(=O)OC(C)(C)C. The largest absolute Gasteiger partial charge is 0.497 e. The number of benzene rings is 1. The molecule has 0 spiro atoms. The molecule has 156 valence electrons. The van der Waals surface area contributed by atoms with Crippen molar-refractivity contribution in [3.63, 3.8) is 0 Å². The predicted molar refractivity (Wildman–Crippen MR) is 106 cm³/mol. The Bertz CT molecular complexity index is 908. The number of carbonyl (C=O) groups excluding carboxylic acids is 2. The van der Waals surface area contributed by atoms with Crippen molar-refractivity contribution in [2.75, 3.05) is 20.8 Å². The van der Waals surface area contributed by atoms with Crippen molar-refractivity contribution in [3.05, 3.63) is 30.5 Å². The summed E-state index contributed by atoms with van der Waals surface area (Å²) in [7, 11) is 2.90. The maximum atomic E-state index is 12.6. The van der Waals surface area contributed by atoms with Crippen LogP contribution in [0.4, 0.5) is 4.79 Å². The summed E-state index contributed by atoms with van der Waals surface area (Å²) in [4.78, 5) is 30.5. The van der Waals surface area contributed by atoms with Crippen LogP contribution in [0.3, 0.4) is 0 Å². The molecule has 1 aliphatic heterocycles. The number of likely N-dealkylation sites (tertiary alicyclic amines) is 1. The molecule has 1 fully saturated rings. The van der Waals surface area contributed by atoms with Crippen molar-refractivity contribution < 1.29 is 28.5 Å². The third kappa shape index (κ3) is 4.70. The topological polar surface area (TPSA) is 87.2 Å². The highest BCUT2D eigenvalue weighted by molar-refractivity contribution is 5.88. The van der Waals surface area contributed by atoms with Gasteiger partial charge in [-0.25, -0.2) is 14.6 Å². The number of amides is 1. The second-order valence-electron chi connectivity index (χ2n) is 7.85. The molecule has 1 unspecified atom stereocenters. The maximum Gasteiger partial charge on any atom is 0.411 e. The molecule has 2 atom stereocenters. The summed E-state index contributed by atoms with van der Waals surface area (Å²) in [5.74, 6) is 0.666. The number of pyridine rings is 1. The molecule has 8 nitrogen and oxygen atoms in total. The molecule has 0 radical (unpaired) electrons. The van der Waals surface area contributed by atoms with Gasteiger partial charge < -0.3 is 18.9 Å². The number of methoxy groups -OCH3 is 2. The van der Waals surface area contributed by atoms with Crippen LogP contribution in [0.1, 0.15) is 27.2 Å². The van der Waals surface area contributed by atoms with Gasteiger partial charge in [-0.3, -0.25) is 4.90 Å². The summed E-state index contributed by atoms with van der Waals surface area (Å²) in [6.45, 7) is 5.52. The van der Waals surface area contributed by atoms with E-state index in [1.165, 1.54) is 12.0 Å². The highest BCUT2D eigenvalue weighted by atomic mass is 16.6. The quantitative estimate of drug-likeness (QED) is 0.726. The van der Waals surface area contributed by atoms with E-state index in [1.807, 2.05) is 24.3 Å². The second kappa shape index (κ2) is 8.14. The van der Waals surface area contributed by atoms with Gasteiger partial charge in [-0.15, -0.1) is 0 Å². The van der Waals surface area contributed by atoms with Crippen LogP contribution in [0, 0.1) is 0 Å². The van der Waals surface area contributed by atoms with Gasteiger partial charge in [0.05, 0.1) is 20.8 Å². The van der Waals surface area contributed by atoms with Crippen molar-refractivity contribution in [1.29, 1.82) is 0 Å². The number of rotatable bonds is 4. The first-order valence-electron chi connectivity index (χ1n) is 9.38. The number of ether oxygens (including phenoxy) is 4. The Kier molecular flexibility index (Phi) is 5.81. The molecular weight excluding hydrogens is 376 g/mol. The normalized spacial score (nSPS) is 19.1. The number of esters is 1. The molecule has 2 aromatic rings. The van der Waals surface area contributed by atoms with Crippen LogP contribution in [0.5, 0.6) is 11.6 Å². The maximum absolute atomic E-state index is 12.6. The Labute approximate surface area is 169 Å². The molecule has 0 N–H and O–H groups in total. The highest BCUT2D eigenvalue weighted by Gasteiger charge is 2.43. The number of hydrogen-bond acceptors (Lipinski definition) is 7. The van der Waals surface area contributed by atoms with Gasteiger partial charge in [-0.1, -0.05) is 0 Å². The van der Waals surface area contributed by atoms with Crippen LogP contribution in [0.2, 0.25) is 0 Å². The lowest BCUT2D eigenvalue weighted by molar-refractivity contribution is -0.145. The van der Waals surface area contributed by atoms with Crippen molar-refractivity contribution in [2.45, 2.75) is 44.9 Å². The lowest BCUT2D eigenvalue weighted by Crippen LogP contribution is -2.44. The zero-order chi connectivity index (χ0) is 21.2. The first-order chi connectivity index (χ1) is 13.7. The molecule has 1 saturated heterocycles. The van der Waals surface area contributed by atoms with E-state index in [1.54, 1.807) is 34.1 Å². The minimum Gasteiger partial charge on any atom is -0.497 e. The smallest absolute Gasteiger partial charge is 0.411 e. The number of hydrogen-bond donors (Lipinski definition) is 0. The summed E-state index contributed by atoms with van der Waals surface area (Å²) >= 11 is 0. The molecule has 8 heteroatoms. The van der Waals surface area contributed by atoms with Crippen LogP contribution >= 0.6 is 0 Å². The molecule has 3 rings (SSSR count). The number of nitrogens with zero attached hydrogens (tertiary/aromatic N) is 2. The molecule has 1 aromatic heterocycles. The molecule has 0 aliphatic carbocycles. The highest BCUT2D eigenvalue weighted by Crippen LogP contribution is 2.30. The Morgan fingerprint density at radius 1 is 1.17 bits per heavy atom. The van der Waals surface area contributed by atoms with Crippen LogP contribution in [0.25, 0.3) is 10.8 Å². The average Bonchev–Trinajstić information content (AvgIpc) is 3.10. The van der Waals surface area contributed by atoms with Gasteiger partial charge in [-0.05, 0) is 50.4 Å². The third-order valence-corrected chi connectivity index (χ3v) is 4.58. The van der Waals surface area contributed by atoms with E-state index in [9.17, 15) is 9.59 Å². The first-order valence-corrected chi connectivity index (χ1v) is 9.38. The monoisotopic (exact) mass is 402 g/mol. The van der Waals surface area contributed by atoms with E-state index < -0.39 is 29.8 Å². The molecule has 1 amide bonds. The molecule has 2 heterocycles. The van der Waals surface area contributed by atoms with Crippen LogP contribution in [0.15, 0.2) is 30.5 Å². The Morgan fingerprint density at radius 3 is 2.59 bits per heavy atom. The molecule has 1 aliphatic rings. The Balaban J connectivity index is 1.82. The number of fused-ring (bicyclic) bond motifs is 1. The van der Waals surface area contributed by atoms with Gasteiger partial charge in [0.1, 0.15) is 23.5 Å². The minimum absolute atomic E-state index is 0.197. The van der Waals surface area contributed by atoms with E-state index in [4.69, 9.17) is 18.9 Å². The Morgan fingerprint density at radius 2 is 1.93 bits per heavy atom. The summed E-state index contributed by atoms with van der Waals surface area (Å²) in [5.41, 5.74) is -0.674. The minimum atomic E-state index is -0.769. The van der Waals surface area contributed by atoms with Crippen LogP contribution in [-0.2, 0) is 14.3 Å². The van der Waals surface area contributed by atoms with Crippen molar-refractivity contribution in [1.82, 2.24) is 9.88 Å². The van der Waals surface area contributed by atoms with E-state index >= 15 is 0 Å². The van der Waals surface area contributed by atoms with E-state index in [0.29, 0.717) is 12.3 Å². The summed E-state index contributed by atoms with van der Waals surface area (Å²) in [5, 5.41) is 1.74. The molecule has 1 aromatic carbocycles. The lowest BCUT2D eigenvalue weighted by atomic mass is 10.1. The summed E-state index contributed by atoms with van der Waals surface area (Å²) in [6.07, 6.45) is 0.941. The van der Waals surface area contributed by atoms with Crippen molar-refractivity contribution >= 4 is 22.8 Å². The second-order valence-corrected chi connectivity index (χ2v) is 7.85. The predicted octanol–water partition coefficient (Wildman–Crippen LogP) is 3.17. The van der Waals surface area contributed by atoms with E-state index in [2.05, 4.69) is 4.98 Å². The average molecular weight is 402 g/mol. The fourth-order valence-electron chi connectivity index (χ4n) is 3.27. The Hall–Kier alpha value is -3.03. The van der Waals surface area contributed by atoms with Crippen molar-refractivity contribution in [3.8, 4) is 11.6 Å². The van der Waals surface area contributed by atoms with Gasteiger partial charge in [0, 0.05) is 18.0 Å². The van der Waals surface area contributed by atoms with Gasteiger partial charge >= 0.3 is 12.1 Å². The first kappa shape index (κ1) is 20.7. The number of aromatic nitrogens is 1. The van der Waals surface area contributed by atoms with Gasteiger partial charge in [0.15, 0.2) is 0 Å². The molecular formula is C21H26N2O6. The van der Waals surface area contributed by atoms with Gasteiger partial charge in [-0.2, -0.15) is 0 Å². The zero-order valence-corrected chi connectivity index (χ0v) is 17.3. The van der Waals surface area contributed by atoms with Crippen LogP contribution < -0.4 is 9.47 Å². The fourth-order valence-corrected chi connectivity index (χ4v) is 3.27. The van der Waals surface area contributed by atoms with E-state index in [-0.39, 0.29) is 6.54 Å². The fraction of sp³-hybridized carbons (Fsp3) is 0.476. The molecule has 29 heavy (non-hydrogen) atoms. The van der Waals surface area contributed by atoms with Crippen LogP contribution in [-0.4, -0.2) is 60.5 Å². The summed E-state index contributed by atoms with van der Waals surface area (Å²) in [6, 6.07) is 6.69. The van der Waals surface area contributed by atoms with Crippen molar-refractivity contribution in [2.24, 2.45) is 0 Å². The zero-order valence-electron chi connectivity index (χ0n) is 17.3. The molecule has 0 bridgehead atoms. The number of carbonyl (C=O) groups is 2. The molecule has 0 saturated carbocycles. The third-order valence-electron chi connectivity index (χ3n) is 4.58. The van der Waals surface area contributed by atoms with Gasteiger partial charge in [0.2, 0.25) is 5.88 Å². The van der Waals surface area contributed by atoms with E-state index in [0.717, 1.165) is 16.5 Å².